The highest BCUT2D eigenvalue weighted by Crippen LogP contribution is 2.25. The van der Waals surface area contributed by atoms with Gasteiger partial charge in [0.1, 0.15) is 10.7 Å². The van der Waals surface area contributed by atoms with Crippen LogP contribution < -0.4 is 0 Å². The normalized spacial score (nSPS) is 13.2. The molecular formula is C22H22ClN3O3S. The van der Waals surface area contributed by atoms with Crippen molar-refractivity contribution in [2.45, 2.75) is 33.4 Å². The van der Waals surface area contributed by atoms with Crippen LogP contribution in [0.3, 0.4) is 0 Å². The number of thiophene rings is 1. The van der Waals surface area contributed by atoms with E-state index in [2.05, 4.69) is 5.10 Å². The van der Waals surface area contributed by atoms with Gasteiger partial charge in [-0.3, -0.25) is 4.79 Å². The van der Waals surface area contributed by atoms with E-state index in [4.69, 9.17) is 16.3 Å². The SMILES string of the molecule is Cc1ccc(Cn2nc(C)c(C(=O)OCC(=O)N3CCc4sccc4C3)c2Cl)cc1. The Bertz CT molecular complexity index is 1090. The van der Waals surface area contributed by atoms with Crippen molar-refractivity contribution in [3.8, 4) is 0 Å². The van der Waals surface area contributed by atoms with Crippen LogP contribution in [0.15, 0.2) is 35.7 Å². The van der Waals surface area contributed by atoms with Crippen molar-refractivity contribution in [1.82, 2.24) is 14.7 Å². The Balaban J connectivity index is 1.39. The first kappa shape index (κ1) is 20.6. The lowest BCUT2D eigenvalue weighted by molar-refractivity contribution is -0.135. The number of hydrogen-bond donors (Lipinski definition) is 0. The Morgan fingerprint density at radius 2 is 1.97 bits per heavy atom. The molecule has 3 heterocycles. The van der Waals surface area contributed by atoms with E-state index in [1.54, 1.807) is 27.8 Å². The van der Waals surface area contributed by atoms with E-state index in [-0.39, 0.29) is 23.2 Å². The van der Waals surface area contributed by atoms with Gasteiger partial charge in [-0.1, -0.05) is 41.4 Å². The van der Waals surface area contributed by atoms with Gasteiger partial charge in [-0.25, -0.2) is 9.48 Å². The largest absolute Gasteiger partial charge is 0.452 e. The molecule has 8 heteroatoms. The molecule has 0 bridgehead atoms. The topological polar surface area (TPSA) is 64.4 Å². The molecule has 1 aliphatic rings. The maximum atomic E-state index is 12.6. The number of fused-ring (bicyclic) bond motifs is 1. The van der Waals surface area contributed by atoms with Gasteiger partial charge in [0.2, 0.25) is 0 Å². The summed E-state index contributed by atoms with van der Waals surface area (Å²) in [7, 11) is 0. The van der Waals surface area contributed by atoms with Crippen LogP contribution in [-0.4, -0.2) is 39.7 Å². The minimum atomic E-state index is -0.630. The number of rotatable bonds is 5. The second kappa shape index (κ2) is 8.62. The van der Waals surface area contributed by atoms with Crippen molar-refractivity contribution in [1.29, 1.82) is 0 Å². The number of nitrogens with zero attached hydrogens (tertiary/aromatic N) is 3. The summed E-state index contributed by atoms with van der Waals surface area (Å²) in [6.07, 6.45) is 0.837. The lowest BCUT2D eigenvalue weighted by atomic mass is 10.1. The molecule has 0 aliphatic carbocycles. The molecular weight excluding hydrogens is 422 g/mol. The third kappa shape index (κ3) is 4.27. The van der Waals surface area contributed by atoms with E-state index in [0.717, 1.165) is 12.0 Å². The number of aryl methyl sites for hydroxylation is 2. The molecule has 0 spiro atoms. The van der Waals surface area contributed by atoms with Crippen LogP contribution in [0.1, 0.15) is 37.6 Å². The number of carbonyl (C=O) groups is 2. The first-order chi connectivity index (χ1) is 14.4. The first-order valence-electron chi connectivity index (χ1n) is 9.71. The van der Waals surface area contributed by atoms with Gasteiger partial charge < -0.3 is 9.64 Å². The smallest absolute Gasteiger partial charge is 0.343 e. The van der Waals surface area contributed by atoms with E-state index in [1.165, 1.54) is 16.0 Å². The number of amides is 1. The van der Waals surface area contributed by atoms with Crippen LogP contribution in [0, 0.1) is 13.8 Å². The highest BCUT2D eigenvalue weighted by molar-refractivity contribution is 7.10. The summed E-state index contributed by atoms with van der Waals surface area (Å²) in [6, 6.07) is 10.1. The zero-order valence-corrected chi connectivity index (χ0v) is 18.4. The second-order valence-corrected chi connectivity index (χ2v) is 8.76. The molecule has 30 heavy (non-hydrogen) atoms. The van der Waals surface area contributed by atoms with Gasteiger partial charge in [0, 0.05) is 18.0 Å². The van der Waals surface area contributed by atoms with Gasteiger partial charge in [0.25, 0.3) is 5.91 Å². The van der Waals surface area contributed by atoms with Crippen molar-refractivity contribution < 1.29 is 14.3 Å². The zero-order valence-electron chi connectivity index (χ0n) is 16.9. The number of benzene rings is 1. The molecule has 6 nitrogen and oxygen atoms in total. The fourth-order valence-corrected chi connectivity index (χ4v) is 4.71. The van der Waals surface area contributed by atoms with Crippen LogP contribution >= 0.6 is 22.9 Å². The van der Waals surface area contributed by atoms with Crippen LogP contribution in [0.4, 0.5) is 0 Å². The van der Waals surface area contributed by atoms with Gasteiger partial charge in [-0.05, 0) is 42.8 Å². The Labute approximate surface area is 184 Å². The molecule has 0 unspecified atom stereocenters. The molecule has 1 aliphatic heterocycles. The predicted octanol–water partition coefficient (Wildman–Crippen LogP) is 4.00. The first-order valence-corrected chi connectivity index (χ1v) is 11.0. The molecule has 0 fully saturated rings. The predicted molar refractivity (Wildman–Crippen MR) is 116 cm³/mol. The molecule has 1 amide bonds. The van der Waals surface area contributed by atoms with Crippen molar-refractivity contribution in [3.63, 3.8) is 0 Å². The maximum absolute atomic E-state index is 12.6. The summed E-state index contributed by atoms with van der Waals surface area (Å²) in [4.78, 5) is 28.2. The van der Waals surface area contributed by atoms with Gasteiger partial charge >= 0.3 is 5.97 Å². The Kier molecular flexibility index (Phi) is 5.92. The number of esters is 1. The Morgan fingerprint density at radius 1 is 1.20 bits per heavy atom. The minimum Gasteiger partial charge on any atom is -0.452 e. The maximum Gasteiger partial charge on any atom is 0.343 e. The highest BCUT2D eigenvalue weighted by atomic mass is 35.5. The molecule has 0 saturated carbocycles. The quantitative estimate of drug-likeness (QED) is 0.559. The average molecular weight is 444 g/mol. The molecule has 0 atom stereocenters. The van der Waals surface area contributed by atoms with E-state index in [9.17, 15) is 9.59 Å². The number of ether oxygens (including phenoxy) is 1. The van der Waals surface area contributed by atoms with Crippen LogP contribution in [-0.2, 0) is 29.0 Å². The van der Waals surface area contributed by atoms with Crippen molar-refractivity contribution in [3.05, 3.63) is 73.7 Å². The molecule has 156 valence electrons. The average Bonchev–Trinajstić information content (AvgIpc) is 3.31. The zero-order chi connectivity index (χ0) is 21.3. The summed E-state index contributed by atoms with van der Waals surface area (Å²) >= 11 is 8.13. The van der Waals surface area contributed by atoms with Crippen LogP contribution in [0.2, 0.25) is 5.15 Å². The van der Waals surface area contributed by atoms with Crippen molar-refractivity contribution >= 4 is 34.8 Å². The summed E-state index contributed by atoms with van der Waals surface area (Å²) in [5.74, 6) is -0.838. The lowest BCUT2D eigenvalue weighted by Gasteiger charge is -2.26. The second-order valence-electron chi connectivity index (χ2n) is 7.40. The number of aromatic nitrogens is 2. The van der Waals surface area contributed by atoms with E-state index in [1.807, 2.05) is 42.6 Å². The van der Waals surface area contributed by atoms with E-state index in [0.29, 0.717) is 25.3 Å². The molecule has 0 radical (unpaired) electrons. The highest BCUT2D eigenvalue weighted by Gasteiger charge is 2.25. The minimum absolute atomic E-state index is 0.204. The number of halogens is 1. The summed E-state index contributed by atoms with van der Waals surface area (Å²) in [5, 5.41) is 6.63. The van der Waals surface area contributed by atoms with E-state index >= 15 is 0 Å². The molecule has 4 rings (SSSR count). The Morgan fingerprint density at radius 3 is 2.73 bits per heavy atom. The molecule has 1 aromatic carbocycles. The summed E-state index contributed by atoms with van der Waals surface area (Å²) in [6.45, 7) is 5.06. The van der Waals surface area contributed by atoms with Crippen molar-refractivity contribution in [2.24, 2.45) is 0 Å². The fourth-order valence-electron chi connectivity index (χ4n) is 3.51. The molecule has 2 aromatic heterocycles. The van der Waals surface area contributed by atoms with E-state index < -0.39 is 5.97 Å². The Hall–Kier alpha value is -2.64. The third-order valence-electron chi connectivity index (χ3n) is 5.21. The van der Waals surface area contributed by atoms with Gasteiger partial charge in [0.15, 0.2) is 6.61 Å². The monoisotopic (exact) mass is 443 g/mol. The molecule has 3 aromatic rings. The van der Waals surface area contributed by atoms with Crippen LogP contribution in [0.5, 0.6) is 0 Å². The van der Waals surface area contributed by atoms with Crippen molar-refractivity contribution in [2.75, 3.05) is 13.2 Å². The lowest BCUT2D eigenvalue weighted by Crippen LogP contribution is -2.38. The number of carbonyl (C=O) groups excluding carboxylic acids is 2. The van der Waals surface area contributed by atoms with Crippen LogP contribution in [0.25, 0.3) is 0 Å². The van der Waals surface area contributed by atoms with Gasteiger partial charge in [-0.15, -0.1) is 11.3 Å². The standard InChI is InChI=1S/C22H22ClN3O3S/c1-14-3-5-16(6-4-14)11-26-21(23)20(15(2)24-26)22(28)29-13-19(27)25-9-7-18-17(12-25)8-10-30-18/h3-6,8,10H,7,9,11-13H2,1-2H3. The molecule has 0 saturated heterocycles. The molecule has 0 N–H and O–H groups in total. The summed E-state index contributed by atoms with van der Waals surface area (Å²) in [5.41, 5.74) is 4.04. The van der Waals surface area contributed by atoms with Gasteiger partial charge in [-0.2, -0.15) is 5.10 Å². The third-order valence-corrected chi connectivity index (χ3v) is 6.62. The number of hydrogen-bond acceptors (Lipinski definition) is 5. The summed E-state index contributed by atoms with van der Waals surface area (Å²) < 4.78 is 6.86. The van der Waals surface area contributed by atoms with Gasteiger partial charge in [0.05, 0.1) is 12.2 Å². The fraction of sp³-hybridized carbons (Fsp3) is 0.318.